The van der Waals surface area contributed by atoms with E-state index in [1.807, 2.05) is 24.3 Å². The van der Waals surface area contributed by atoms with Crippen molar-refractivity contribution < 1.29 is 14.3 Å². The highest BCUT2D eigenvalue weighted by atomic mass is 16.5. The molecule has 1 fully saturated rings. The quantitative estimate of drug-likeness (QED) is 0.685. The predicted molar refractivity (Wildman–Crippen MR) is 113 cm³/mol. The van der Waals surface area contributed by atoms with Gasteiger partial charge in [0.25, 0.3) is 5.91 Å². The molecule has 1 heterocycles. The summed E-state index contributed by atoms with van der Waals surface area (Å²) < 4.78 is 5.20. The Hall–Kier alpha value is -2.86. The number of methoxy groups -OCH3 is 1. The minimum atomic E-state index is -0.241. The summed E-state index contributed by atoms with van der Waals surface area (Å²) in [5, 5.41) is 5.83. The number of carbonyl (C=O) groups excluding carboxylic acids is 2. The lowest BCUT2D eigenvalue weighted by atomic mass is 10.1. The van der Waals surface area contributed by atoms with Gasteiger partial charge in [0.05, 0.1) is 18.7 Å². The molecule has 2 N–H and O–H groups in total. The van der Waals surface area contributed by atoms with Gasteiger partial charge >= 0.3 is 0 Å². The van der Waals surface area contributed by atoms with Crippen molar-refractivity contribution in [1.82, 2.24) is 15.5 Å². The van der Waals surface area contributed by atoms with Crippen LogP contribution in [-0.2, 0) is 4.79 Å². The first-order valence-electron chi connectivity index (χ1n) is 10.2. The maximum absolute atomic E-state index is 12.3. The third-order valence-electron chi connectivity index (χ3n) is 5.25. The molecule has 0 radical (unpaired) electrons. The highest BCUT2D eigenvalue weighted by molar-refractivity contribution is 5.97. The number of amides is 2. The summed E-state index contributed by atoms with van der Waals surface area (Å²) in [4.78, 5) is 27.1. The van der Waals surface area contributed by atoms with Crippen LogP contribution in [0.25, 0.3) is 0 Å². The standard InChI is InChI=1S/C23H29N3O3/c1-29-21-12-6-5-11-19(21)23(28)24-14-13-22(27)25-17-20(26-15-7-8-16-26)18-9-3-2-4-10-18/h2-6,9-12,20H,7-8,13-17H2,1H3,(H,24,28)(H,25,27). The minimum Gasteiger partial charge on any atom is -0.496 e. The summed E-state index contributed by atoms with van der Waals surface area (Å²) in [5.74, 6) is 0.214. The zero-order valence-corrected chi connectivity index (χ0v) is 16.9. The minimum absolute atomic E-state index is 0.0644. The van der Waals surface area contributed by atoms with Crippen LogP contribution in [0.3, 0.4) is 0 Å². The van der Waals surface area contributed by atoms with Crippen molar-refractivity contribution >= 4 is 11.8 Å². The Labute approximate surface area is 172 Å². The van der Waals surface area contributed by atoms with Gasteiger partial charge in [0.2, 0.25) is 5.91 Å². The van der Waals surface area contributed by atoms with Gasteiger partial charge in [-0.3, -0.25) is 14.5 Å². The lowest BCUT2D eigenvalue weighted by Crippen LogP contribution is -2.38. The summed E-state index contributed by atoms with van der Waals surface area (Å²) in [6.07, 6.45) is 2.64. The average molecular weight is 396 g/mol. The summed E-state index contributed by atoms with van der Waals surface area (Å²) in [7, 11) is 1.53. The van der Waals surface area contributed by atoms with Crippen molar-refractivity contribution in [2.75, 3.05) is 33.3 Å². The van der Waals surface area contributed by atoms with Crippen LogP contribution in [0.2, 0.25) is 0 Å². The fraction of sp³-hybridized carbons (Fsp3) is 0.391. The Morgan fingerprint density at radius 1 is 1.00 bits per heavy atom. The summed E-state index contributed by atoms with van der Waals surface area (Å²) in [6.45, 7) is 2.97. The van der Waals surface area contributed by atoms with E-state index in [1.54, 1.807) is 18.2 Å². The first kappa shape index (κ1) is 20.9. The topological polar surface area (TPSA) is 70.7 Å². The van der Waals surface area contributed by atoms with Gasteiger partial charge in [-0.1, -0.05) is 42.5 Å². The highest BCUT2D eigenvalue weighted by Crippen LogP contribution is 2.24. The van der Waals surface area contributed by atoms with Crippen LogP contribution in [0.4, 0.5) is 0 Å². The molecule has 0 bridgehead atoms. The lowest BCUT2D eigenvalue weighted by molar-refractivity contribution is -0.121. The van der Waals surface area contributed by atoms with E-state index in [2.05, 4.69) is 27.7 Å². The van der Waals surface area contributed by atoms with E-state index in [0.29, 0.717) is 17.9 Å². The number of hydrogen-bond donors (Lipinski definition) is 2. The predicted octanol–water partition coefficient (Wildman–Crippen LogP) is 2.77. The highest BCUT2D eigenvalue weighted by Gasteiger charge is 2.23. The van der Waals surface area contributed by atoms with Crippen LogP contribution in [-0.4, -0.2) is 50.0 Å². The zero-order chi connectivity index (χ0) is 20.5. The van der Waals surface area contributed by atoms with E-state index in [4.69, 9.17) is 4.74 Å². The Kier molecular flexibility index (Phi) is 7.64. The second kappa shape index (κ2) is 10.6. The molecule has 2 aromatic rings. The summed E-state index contributed by atoms with van der Waals surface area (Å²) >= 11 is 0. The van der Waals surface area contributed by atoms with Crippen molar-refractivity contribution in [3.63, 3.8) is 0 Å². The van der Waals surface area contributed by atoms with Gasteiger partial charge in [-0.25, -0.2) is 0 Å². The summed E-state index contributed by atoms with van der Waals surface area (Å²) in [6, 6.07) is 17.5. The molecule has 1 unspecified atom stereocenters. The van der Waals surface area contributed by atoms with E-state index in [1.165, 1.54) is 25.5 Å². The number of ether oxygens (including phenoxy) is 1. The van der Waals surface area contributed by atoms with E-state index < -0.39 is 0 Å². The number of para-hydroxylation sites is 1. The van der Waals surface area contributed by atoms with E-state index in [0.717, 1.165) is 13.1 Å². The smallest absolute Gasteiger partial charge is 0.255 e. The van der Waals surface area contributed by atoms with Crippen molar-refractivity contribution in [3.8, 4) is 5.75 Å². The Morgan fingerprint density at radius 2 is 1.69 bits per heavy atom. The Morgan fingerprint density at radius 3 is 2.41 bits per heavy atom. The first-order valence-corrected chi connectivity index (χ1v) is 10.2. The second-order valence-corrected chi connectivity index (χ2v) is 7.18. The molecule has 2 aromatic carbocycles. The van der Waals surface area contributed by atoms with Gasteiger partial charge in [-0.2, -0.15) is 0 Å². The van der Waals surface area contributed by atoms with E-state index in [-0.39, 0.29) is 30.8 Å². The zero-order valence-electron chi connectivity index (χ0n) is 16.9. The molecule has 0 saturated carbocycles. The molecule has 1 aliphatic heterocycles. The number of nitrogens with one attached hydrogen (secondary N) is 2. The molecule has 0 aromatic heterocycles. The van der Waals surface area contributed by atoms with Gasteiger partial charge in [-0.05, 0) is 43.6 Å². The molecule has 1 saturated heterocycles. The lowest BCUT2D eigenvalue weighted by Gasteiger charge is -2.28. The van der Waals surface area contributed by atoms with Gasteiger partial charge in [0, 0.05) is 19.5 Å². The van der Waals surface area contributed by atoms with Crippen LogP contribution in [0, 0.1) is 0 Å². The van der Waals surface area contributed by atoms with Crippen LogP contribution in [0.1, 0.15) is 41.2 Å². The van der Waals surface area contributed by atoms with Crippen molar-refractivity contribution in [2.24, 2.45) is 0 Å². The number of rotatable bonds is 9. The number of hydrogen-bond acceptors (Lipinski definition) is 4. The third-order valence-corrected chi connectivity index (χ3v) is 5.25. The van der Waals surface area contributed by atoms with Crippen LogP contribution in [0.5, 0.6) is 5.75 Å². The van der Waals surface area contributed by atoms with Crippen molar-refractivity contribution in [3.05, 3.63) is 65.7 Å². The third kappa shape index (κ3) is 5.81. The van der Waals surface area contributed by atoms with E-state index >= 15 is 0 Å². The number of carbonyl (C=O) groups is 2. The normalized spacial score (nSPS) is 14.9. The molecule has 1 aliphatic rings. The number of likely N-dealkylation sites (tertiary alicyclic amines) is 1. The van der Waals surface area contributed by atoms with Gasteiger partial charge < -0.3 is 15.4 Å². The SMILES string of the molecule is COc1ccccc1C(=O)NCCC(=O)NCC(c1ccccc1)N1CCCC1. The maximum atomic E-state index is 12.3. The largest absolute Gasteiger partial charge is 0.496 e. The van der Waals surface area contributed by atoms with E-state index in [9.17, 15) is 9.59 Å². The number of nitrogens with zero attached hydrogens (tertiary/aromatic N) is 1. The molecule has 6 nitrogen and oxygen atoms in total. The van der Waals surface area contributed by atoms with Gasteiger partial charge in [0.1, 0.15) is 5.75 Å². The molecule has 0 aliphatic carbocycles. The van der Waals surface area contributed by atoms with Crippen LogP contribution in [0.15, 0.2) is 54.6 Å². The number of benzene rings is 2. The monoisotopic (exact) mass is 395 g/mol. The van der Waals surface area contributed by atoms with Crippen molar-refractivity contribution in [2.45, 2.75) is 25.3 Å². The first-order chi connectivity index (χ1) is 14.2. The second-order valence-electron chi connectivity index (χ2n) is 7.18. The fourth-order valence-electron chi connectivity index (χ4n) is 3.70. The molecule has 1 atom stereocenters. The Balaban J connectivity index is 1.47. The molecule has 3 rings (SSSR count). The van der Waals surface area contributed by atoms with Crippen LogP contribution >= 0.6 is 0 Å². The fourth-order valence-corrected chi connectivity index (χ4v) is 3.70. The van der Waals surface area contributed by atoms with Gasteiger partial charge in [-0.15, -0.1) is 0 Å². The average Bonchev–Trinajstić information content (AvgIpc) is 3.29. The molecule has 6 heteroatoms. The van der Waals surface area contributed by atoms with Crippen LogP contribution < -0.4 is 15.4 Å². The molecule has 29 heavy (non-hydrogen) atoms. The van der Waals surface area contributed by atoms with Crippen molar-refractivity contribution in [1.29, 1.82) is 0 Å². The molecule has 2 amide bonds. The molecule has 0 spiro atoms. The summed E-state index contributed by atoms with van der Waals surface area (Å²) in [5.41, 5.74) is 1.69. The van der Waals surface area contributed by atoms with Gasteiger partial charge in [0.15, 0.2) is 0 Å². The molecule has 154 valence electrons. The molecular weight excluding hydrogens is 366 g/mol. The maximum Gasteiger partial charge on any atom is 0.255 e. The Bertz CT molecular complexity index is 804. The molecular formula is C23H29N3O3.